The van der Waals surface area contributed by atoms with Crippen LogP contribution in [0.4, 0.5) is 14.7 Å². The van der Waals surface area contributed by atoms with Gasteiger partial charge in [-0.2, -0.15) is 4.98 Å². The molecule has 5 heterocycles. The number of methoxy groups -OCH3 is 1. The molecular weight excluding hydrogens is 482 g/mol. The van der Waals surface area contributed by atoms with E-state index < -0.39 is 5.92 Å². The number of rotatable bonds is 6. The predicted octanol–water partition coefficient (Wildman–Crippen LogP) is 3.39. The van der Waals surface area contributed by atoms with Crippen molar-refractivity contribution in [2.24, 2.45) is 0 Å². The van der Waals surface area contributed by atoms with E-state index in [1.165, 1.54) is 0 Å². The number of hydrogen-bond acceptors (Lipinski definition) is 8. The number of piperidine rings is 1. The monoisotopic (exact) mass is 510 g/mol. The van der Waals surface area contributed by atoms with Crippen molar-refractivity contribution in [1.29, 1.82) is 0 Å². The molecule has 0 unspecified atom stereocenters. The van der Waals surface area contributed by atoms with E-state index in [1.807, 2.05) is 30.5 Å². The summed E-state index contributed by atoms with van der Waals surface area (Å²) in [5.74, 6) is -1.63. The van der Waals surface area contributed by atoms with Crippen LogP contribution in [0.5, 0.6) is 5.88 Å². The number of nitrogens with zero attached hydrogens (tertiary/aromatic N) is 7. The average molecular weight is 511 g/mol. The van der Waals surface area contributed by atoms with Crippen LogP contribution < -0.4 is 10.1 Å². The summed E-state index contributed by atoms with van der Waals surface area (Å²) < 4.78 is 41.4. The second kappa shape index (κ2) is 8.59. The van der Waals surface area contributed by atoms with Crippen molar-refractivity contribution < 1.29 is 18.3 Å². The van der Waals surface area contributed by atoms with E-state index in [0.717, 1.165) is 61.3 Å². The minimum atomic E-state index is -2.63. The summed E-state index contributed by atoms with van der Waals surface area (Å²) in [5, 5.41) is 16.5. The molecule has 0 bridgehead atoms. The lowest BCUT2D eigenvalue weighted by atomic mass is 9.88. The van der Waals surface area contributed by atoms with Crippen LogP contribution in [0.15, 0.2) is 30.5 Å². The van der Waals surface area contributed by atoms with Crippen molar-refractivity contribution in [3.8, 4) is 17.0 Å². The fourth-order valence-corrected chi connectivity index (χ4v) is 5.63. The largest absolute Gasteiger partial charge is 0.479 e. The van der Waals surface area contributed by atoms with Crippen LogP contribution in [-0.2, 0) is 4.74 Å². The summed E-state index contributed by atoms with van der Waals surface area (Å²) in [5.41, 5.74) is 3.91. The number of aromatic nitrogens is 6. The molecule has 0 spiro atoms. The van der Waals surface area contributed by atoms with E-state index >= 15 is 0 Å². The number of alkyl halides is 2. The number of benzene rings is 1. The summed E-state index contributed by atoms with van der Waals surface area (Å²) in [6.45, 7) is 3.75. The molecule has 0 atom stereocenters. The van der Waals surface area contributed by atoms with Crippen LogP contribution in [0.2, 0.25) is 0 Å². The minimum Gasteiger partial charge on any atom is -0.479 e. The highest BCUT2D eigenvalue weighted by molar-refractivity contribution is 5.89. The van der Waals surface area contributed by atoms with Gasteiger partial charge in [0.15, 0.2) is 0 Å². The Morgan fingerprint density at radius 3 is 2.62 bits per heavy atom. The number of likely N-dealkylation sites (tertiary alicyclic amines) is 1. The average Bonchev–Trinajstić information content (AvgIpc) is 3.46. The van der Waals surface area contributed by atoms with Crippen molar-refractivity contribution in [1.82, 2.24) is 34.5 Å². The molecule has 1 aromatic carbocycles. The van der Waals surface area contributed by atoms with Gasteiger partial charge < -0.3 is 14.8 Å². The number of anilines is 1. The maximum Gasteiger partial charge on any atom is 0.252 e. The fourth-order valence-electron chi connectivity index (χ4n) is 5.63. The third-order valence-electron chi connectivity index (χ3n) is 7.87. The van der Waals surface area contributed by atoms with E-state index in [0.29, 0.717) is 29.4 Å². The standard InChI is InChI=1S/C25H28F2N8O2/c1-36-23-22-19(15-2-3-20-21(10-15)35(32-30-20)17-11-25(26,27)12-17)6-9-34(22)31-24(29-23)28-16-4-7-33(8-5-16)18-13-37-14-18/h2-3,6,9-10,16-18H,4-5,7-8,11-14H2,1H3,(H,28,31). The second-order valence-electron chi connectivity index (χ2n) is 10.3. The molecule has 4 aromatic rings. The van der Waals surface area contributed by atoms with Gasteiger partial charge in [-0.1, -0.05) is 11.3 Å². The third kappa shape index (κ3) is 3.98. The maximum atomic E-state index is 13.5. The van der Waals surface area contributed by atoms with E-state index in [4.69, 9.17) is 14.6 Å². The van der Waals surface area contributed by atoms with Gasteiger partial charge in [0.1, 0.15) is 11.0 Å². The molecule has 0 amide bonds. The lowest BCUT2D eigenvalue weighted by molar-refractivity contribution is -0.106. The topological polar surface area (TPSA) is 94.6 Å². The second-order valence-corrected chi connectivity index (χ2v) is 10.3. The van der Waals surface area contributed by atoms with Gasteiger partial charge in [-0.3, -0.25) is 4.90 Å². The highest BCUT2D eigenvalue weighted by Gasteiger charge is 2.47. The zero-order chi connectivity index (χ0) is 25.1. The number of hydrogen-bond donors (Lipinski definition) is 1. The van der Waals surface area contributed by atoms with Gasteiger partial charge in [0.05, 0.1) is 37.9 Å². The first-order valence-electron chi connectivity index (χ1n) is 12.7. The van der Waals surface area contributed by atoms with E-state index in [1.54, 1.807) is 16.3 Å². The van der Waals surface area contributed by atoms with Crippen molar-refractivity contribution in [2.45, 2.75) is 49.7 Å². The van der Waals surface area contributed by atoms with Gasteiger partial charge in [0.25, 0.3) is 5.92 Å². The van der Waals surface area contributed by atoms with Crippen LogP contribution in [0.25, 0.3) is 27.7 Å². The highest BCUT2D eigenvalue weighted by Crippen LogP contribution is 2.46. The van der Waals surface area contributed by atoms with Gasteiger partial charge in [0, 0.05) is 43.7 Å². The maximum absolute atomic E-state index is 13.5. The number of nitrogens with one attached hydrogen (secondary N) is 1. The highest BCUT2D eigenvalue weighted by atomic mass is 19.3. The molecule has 37 heavy (non-hydrogen) atoms. The molecule has 1 aliphatic carbocycles. The zero-order valence-electron chi connectivity index (χ0n) is 20.5. The van der Waals surface area contributed by atoms with Crippen molar-refractivity contribution in [3.63, 3.8) is 0 Å². The molecule has 0 radical (unpaired) electrons. The van der Waals surface area contributed by atoms with Gasteiger partial charge in [-0.05, 0) is 36.6 Å². The zero-order valence-corrected chi connectivity index (χ0v) is 20.5. The lowest BCUT2D eigenvalue weighted by Gasteiger charge is -2.41. The van der Waals surface area contributed by atoms with E-state index in [9.17, 15) is 8.78 Å². The molecule has 3 aromatic heterocycles. The fraction of sp³-hybridized carbons (Fsp3) is 0.520. The predicted molar refractivity (Wildman–Crippen MR) is 132 cm³/mol. The Morgan fingerprint density at radius 2 is 1.92 bits per heavy atom. The molecule has 2 aliphatic heterocycles. The van der Waals surface area contributed by atoms with Crippen LogP contribution in [-0.4, -0.2) is 85.9 Å². The number of fused-ring (bicyclic) bond motifs is 2. The van der Waals surface area contributed by atoms with Crippen LogP contribution in [0, 0.1) is 0 Å². The molecule has 1 N–H and O–H groups in total. The molecule has 3 fully saturated rings. The quantitative estimate of drug-likeness (QED) is 0.422. The molecule has 7 rings (SSSR count). The first kappa shape index (κ1) is 22.8. The minimum absolute atomic E-state index is 0.212. The Kier molecular flexibility index (Phi) is 5.29. The van der Waals surface area contributed by atoms with Gasteiger partial charge in [-0.15, -0.1) is 10.2 Å². The summed E-state index contributed by atoms with van der Waals surface area (Å²) in [6.07, 6.45) is 3.50. The summed E-state index contributed by atoms with van der Waals surface area (Å²) in [7, 11) is 1.60. The van der Waals surface area contributed by atoms with Crippen molar-refractivity contribution in [3.05, 3.63) is 30.5 Å². The van der Waals surface area contributed by atoms with Gasteiger partial charge in [-0.25, -0.2) is 18.0 Å². The Balaban J connectivity index is 1.16. The molecule has 10 nitrogen and oxygen atoms in total. The van der Waals surface area contributed by atoms with Crippen LogP contribution in [0.3, 0.4) is 0 Å². The van der Waals surface area contributed by atoms with Crippen molar-refractivity contribution >= 4 is 22.5 Å². The molecule has 2 saturated heterocycles. The number of ether oxygens (including phenoxy) is 2. The van der Waals surface area contributed by atoms with Crippen molar-refractivity contribution in [2.75, 3.05) is 38.7 Å². The van der Waals surface area contributed by atoms with E-state index in [-0.39, 0.29) is 18.9 Å². The first-order chi connectivity index (χ1) is 18.0. The molecule has 3 aliphatic rings. The third-order valence-corrected chi connectivity index (χ3v) is 7.87. The Bertz CT molecular complexity index is 1450. The summed E-state index contributed by atoms with van der Waals surface area (Å²) in [4.78, 5) is 7.18. The molecule has 12 heteroatoms. The molecule has 1 saturated carbocycles. The normalized spacial score (nSPS) is 21.3. The Labute approximate surface area is 211 Å². The van der Waals surface area contributed by atoms with Gasteiger partial charge >= 0.3 is 0 Å². The molecular formula is C25H28F2N8O2. The summed E-state index contributed by atoms with van der Waals surface area (Å²) in [6, 6.07) is 8.22. The van der Waals surface area contributed by atoms with Crippen LogP contribution in [0.1, 0.15) is 31.7 Å². The molecule has 194 valence electrons. The van der Waals surface area contributed by atoms with Gasteiger partial charge in [0.2, 0.25) is 11.8 Å². The smallest absolute Gasteiger partial charge is 0.252 e. The van der Waals surface area contributed by atoms with Crippen LogP contribution >= 0.6 is 0 Å². The Hall–Kier alpha value is -3.38. The summed E-state index contributed by atoms with van der Waals surface area (Å²) >= 11 is 0. The number of halogens is 2. The first-order valence-corrected chi connectivity index (χ1v) is 12.7. The lowest BCUT2D eigenvalue weighted by Crippen LogP contribution is -2.53. The van der Waals surface area contributed by atoms with E-state index in [2.05, 4.69) is 25.5 Å². The SMILES string of the molecule is COc1nc(NC2CCN(C3COC3)CC2)nn2ccc(-c3ccc4nnn(C5CC(F)(F)C5)c4c3)c12. The Morgan fingerprint density at radius 1 is 1.11 bits per heavy atom.